The Balaban J connectivity index is 1.65. The lowest BCUT2D eigenvalue weighted by molar-refractivity contribution is -0.140. The van der Waals surface area contributed by atoms with E-state index in [9.17, 15) is 32.3 Å². The maximum absolute atomic E-state index is 13.8. The molecule has 1 amide bonds. The highest BCUT2D eigenvalue weighted by Crippen LogP contribution is 2.37. The lowest BCUT2D eigenvalue weighted by atomic mass is 9.84. The van der Waals surface area contributed by atoms with E-state index in [0.717, 1.165) is 21.8 Å². The molecule has 0 spiro atoms. The van der Waals surface area contributed by atoms with E-state index in [1.165, 1.54) is 13.1 Å². The molecule has 7 nitrogen and oxygen atoms in total. The number of alkyl halides is 3. The van der Waals surface area contributed by atoms with Crippen molar-refractivity contribution in [3.05, 3.63) is 76.9 Å². The van der Waals surface area contributed by atoms with Crippen molar-refractivity contribution in [3.8, 4) is 0 Å². The predicted molar refractivity (Wildman–Crippen MR) is 98.6 cm³/mol. The molecule has 2 aromatic carbocycles. The van der Waals surface area contributed by atoms with Gasteiger partial charge in [-0.1, -0.05) is 23.4 Å². The third-order valence-electron chi connectivity index (χ3n) is 5.05. The van der Waals surface area contributed by atoms with Gasteiger partial charge in [-0.3, -0.25) is 9.59 Å². The van der Waals surface area contributed by atoms with Crippen LogP contribution in [0.15, 0.2) is 48.7 Å². The number of halogens is 4. The van der Waals surface area contributed by atoms with Crippen LogP contribution in [0.2, 0.25) is 0 Å². The van der Waals surface area contributed by atoms with Crippen LogP contribution in [0, 0.1) is 5.82 Å². The molecule has 0 aliphatic carbocycles. The molecule has 2 heterocycles. The molecule has 1 aromatic heterocycles. The van der Waals surface area contributed by atoms with Gasteiger partial charge in [-0.15, -0.1) is 5.10 Å². The fraction of sp³-hybridized carbons (Fsp3) is 0.200. The monoisotopic (exact) mass is 434 g/mol. The molecule has 0 bridgehead atoms. The van der Waals surface area contributed by atoms with Crippen molar-refractivity contribution < 1.29 is 32.3 Å². The van der Waals surface area contributed by atoms with Gasteiger partial charge in [0.2, 0.25) is 5.78 Å². The van der Waals surface area contributed by atoms with Gasteiger partial charge in [0.25, 0.3) is 11.5 Å². The summed E-state index contributed by atoms with van der Waals surface area (Å²) in [6, 6.07) is 8.62. The number of aliphatic hydroxyl groups is 1. The van der Waals surface area contributed by atoms with Gasteiger partial charge in [0, 0.05) is 12.6 Å². The van der Waals surface area contributed by atoms with Crippen molar-refractivity contribution >= 4 is 17.4 Å². The standard InChI is InChI=1S/C20H14F4N4O3/c1-27-15-5-3-2-4-12(15)17(29)19(31,18(27)30)16-10-28(26-25-16)9-11-6-7-13(14(21)8-11)20(22,23)24/h2-8,10,31H,9H2,1H3. The number of hydrogen-bond acceptors (Lipinski definition) is 5. The van der Waals surface area contributed by atoms with E-state index in [-0.39, 0.29) is 23.4 Å². The topological polar surface area (TPSA) is 88.3 Å². The number of ketones is 1. The first-order valence-electron chi connectivity index (χ1n) is 8.94. The Morgan fingerprint density at radius 1 is 1.13 bits per heavy atom. The Morgan fingerprint density at radius 2 is 1.84 bits per heavy atom. The van der Waals surface area contributed by atoms with Crippen LogP contribution < -0.4 is 4.90 Å². The molecule has 0 saturated carbocycles. The molecule has 0 fully saturated rings. The van der Waals surface area contributed by atoms with Crippen LogP contribution in [0.3, 0.4) is 0 Å². The molecule has 31 heavy (non-hydrogen) atoms. The van der Waals surface area contributed by atoms with Crippen molar-refractivity contribution in [1.29, 1.82) is 0 Å². The van der Waals surface area contributed by atoms with Crippen molar-refractivity contribution in [3.63, 3.8) is 0 Å². The maximum atomic E-state index is 13.8. The summed E-state index contributed by atoms with van der Waals surface area (Å²) >= 11 is 0. The summed E-state index contributed by atoms with van der Waals surface area (Å²) in [4.78, 5) is 26.8. The number of benzene rings is 2. The van der Waals surface area contributed by atoms with Gasteiger partial charge in [-0.25, -0.2) is 9.07 Å². The average Bonchev–Trinajstić information content (AvgIpc) is 3.18. The highest BCUT2D eigenvalue weighted by molar-refractivity contribution is 6.26. The summed E-state index contributed by atoms with van der Waals surface area (Å²) in [5.74, 6) is -3.25. The Labute approximate surface area is 172 Å². The minimum atomic E-state index is -4.82. The van der Waals surface area contributed by atoms with Gasteiger partial charge in [-0.05, 0) is 29.8 Å². The highest BCUT2D eigenvalue weighted by Gasteiger charge is 2.54. The molecule has 0 saturated heterocycles. The molecule has 3 aromatic rings. The Morgan fingerprint density at radius 3 is 2.52 bits per heavy atom. The number of likely N-dealkylation sites (N-methyl/N-ethyl adjacent to an activating group) is 1. The van der Waals surface area contributed by atoms with Crippen molar-refractivity contribution in [1.82, 2.24) is 15.0 Å². The van der Waals surface area contributed by atoms with Gasteiger partial charge >= 0.3 is 6.18 Å². The molecule has 0 radical (unpaired) electrons. The number of Topliss-reactive ketones (excluding diaryl/α,β-unsaturated/α-hetero) is 1. The number of amides is 1. The molecule has 11 heteroatoms. The maximum Gasteiger partial charge on any atom is 0.419 e. The van der Waals surface area contributed by atoms with Crippen LogP contribution in [0.1, 0.15) is 27.2 Å². The van der Waals surface area contributed by atoms with Gasteiger partial charge in [0.1, 0.15) is 11.5 Å². The van der Waals surface area contributed by atoms with Gasteiger partial charge in [-0.2, -0.15) is 13.2 Å². The van der Waals surface area contributed by atoms with Crippen molar-refractivity contribution in [2.24, 2.45) is 0 Å². The molecule has 1 aliphatic rings. The minimum Gasteiger partial charge on any atom is -0.368 e. The quantitative estimate of drug-likeness (QED) is 0.506. The van der Waals surface area contributed by atoms with Gasteiger partial charge in [0.05, 0.1) is 24.0 Å². The molecular weight excluding hydrogens is 420 g/mol. The molecule has 1 aliphatic heterocycles. The van der Waals surface area contributed by atoms with E-state index in [1.807, 2.05) is 0 Å². The second kappa shape index (κ2) is 6.98. The first-order valence-corrected chi connectivity index (χ1v) is 8.94. The van der Waals surface area contributed by atoms with Crippen LogP contribution >= 0.6 is 0 Å². The number of carbonyl (C=O) groups is 2. The predicted octanol–water partition coefficient (Wildman–Crippen LogP) is 2.53. The van der Waals surface area contributed by atoms with E-state index < -0.39 is 34.8 Å². The number of para-hydroxylation sites is 1. The Kier molecular flexibility index (Phi) is 4.65. The molecule has 1 unspecified atom stereocenters. The molecule has 1 N–H and O–H groups in total. The van der Waals surface area contributed by atoms with Crippen LogP contribution in [0.4, 0.5) is 23.2 Å². The van der Waals surface area contributed by atoms with Crippen LogP contribution in [0.5, 0.6) is 0 Å². The second-order valence-corrected chi connectivity index (χ2v) is 7.03. The first kappa shape index (κ1) is 20.7. The molecule has 160 valence electrons. The normalized spacial score (nSPS) is 19.0. The number of aromatic nitrogens is 3. The lowest BCUT2D eigenvalue weighted by Gasteiger charge is -2.34. The summed E-state index contributed by atoms with van der Waals surface area (Å²) in [6.45, 7) is -0.201. The van der Waals surface area contributed by atoms with Crippen LogP contribution in [-0.2, 0) is 23.1 Å². The average molecular weight is 434 g/mol. The molecular formula is C20H14F4N4O3. The number of fused-ring (bicyclic) bond motifs is 1. The number of anilines is 1. The van der Waals surface area contributed by atoms with Crippen molar-refractivity contribution in [2.75, 3.05) is 11.9 Å². The Bertz CT molecular complexity index is 1210. The van der Waals surface area contributed by atoms with Crippen LogP contribution in [0.25, 0.3) is 0 Å². The molecule has 1 atom stereocenters. The fourth-order valence-electron chi connectivity index (χ4n) is 3.44. The summed E-state index contributed by atoms with van der Waals surface area (Å²) in [7, 11) is 1.40. The fourth-order valence-corrected chi connectivity index (χ4v) is 3.44. The Hall–Kier alpha value is -3.60. The van der Waals surface area contributed by atoms with E-state index in [2.05, 4.69) is 10.3 Å². The zero-order valence-electron chi connectivity index (χ0n) is 15.9. The number of carbonyl (C=O) groups excluding carboxylic acids is 2. The van der Waals surface area contributed by atoms with Crippen LogP contribution in [-0.4, -0.2) is 38.8 Å². The largest absolute Gasteiger partial charge is 0.419 e. The second-order valence-electron chi connectivity index (χ2n) is 7.03. The van der Waals surface area contributed by atoms with E-state index in [1.54, 1.807) is 18.2 Å². The van der Waals surface area contributed by atoms with Crippen molar-refractivity contribution in [2.45, 2.75) is 18.3 Å². The smallest absolute Gasteiger partial charge is 0.368 e. The van der Waals surface area contributed by atoms with E-state index >= 15 is 0 Å². The van der Waals surface area contributed by atoms with Gasteiger partial charge in [0.15, 0.2) is 0 Å². The summed E-state index contributed by atoms with van der Waals surface area (Å²) in [6.07, 6.45) is -3.70. The first-order chi connectivity index (χ1) is 14.5. The lowest BCUT2D eigenvalue weighted by Crippen LogP contribution is -2.55. The van der Waals surface area contributed by atoms with Gasteiger partial charge < -0.3 is 10.0 Å². The van der Waals surface area contributed by atoms with E-state index in [4.69, 9.17) is 0 Å². The third-order valence-corrected chi connectivity index (χ3v) is 5.05. The molecule has 4 rings (SSSR count). The third kappa shape index (κ3) is 3.26. The number of nitrogens with zero attached hydrogens (tertiary/aromatic N) is 4. The number of hydrogen-bond donors (Lipinski definition) is 1. The zero-order valence-corrected chi connectivity index (χ0v) is 15.9. The minimum absolute atomic E-state index is 0.117. The SMILES string of the molecule is CN1C(=O)C(O)(c2cn(Cc3ccc(C(F)(F)F)c(F)c3)nn2)C(=O)c2ccccc21. The van der Waals surface area contributed by atoms with E-state index in [0.29, 0.717) is 17.8 Å². The highest BCUT2D eigenvalue weighted by atomic mass is 19.4. The summed E-state index contributed by atoms with van der Waals surface area (Å²) in [5, 5.41) is 18.4. The number of rotatable bonds is 3. The zero-order chi connectivity index (χ0) is 22.6. The summed E-state index contributed by atoms with van der Waals surface area (Å²) in [5.41, 5.74) is -3.78. The summed E-state index contributed by atoms with van der Waals surface area (Å²) < 4.78 is 53.0.